The van der Waals surface area contributed by atoms with Gasteiger partial charge in [-0.05, 0) is 37.0 Å². The summed E-state index contributed by atoms with van der Waals surface area (Å²) >= 11 is 0. The number of allylic oxidation sites excluding steroid dienone is 2. The van der Waals surface area contributed by atoms with E-state index in [-0.39, 0.29) is 6.10 Å². The third-order valence-electron chi connectivity index (χ3n) is 6.02. The first-order valence-electron chi connectivity index (χ1n) is 10.2. The zero-order chi connectivity index (χ0) is 17.4. The van der Waals surface area contributed by atoms with Crippen molar-refractivity contribution in [2.75, 3.05) is 6.61 Å². The third-order valence-corrected chi connectivity index (χ3v) is 6.02. The van der Waals surface area contributed by atoms with Gasteiger partial charge < -0.3 is 9.84 Å². The maximum absolute atomic E-state index is 10.2. The highest BCUT2D eigenvalue weighted by Gasteiger charge is 2.54. The molecule has 0 aromatic heterocycles. The quantitative estimate of drug-likeness (QED) is 0.390. The van der Waals surface area contributed by atoms with Crippen LogP contribution < -0.4 is 0 Å². The molecule has 0 amide bonds. The molecule has 0 aromatic carbocycles. The van der Waals surface area contributed by atoms with Crippen LogP contribution in [0.5, 0.6) is 0 Å². The molecule has 1 heterocycles. The molecule has 0 spiro atoms. The largest absolute Gasteiger partial charge is 0.389 e. The standard InChI is InChI=1S/C22H38O2/c1-4-6-8-9-11-13-20-19(21-16-22(20,3)17-24-21)15-14-18(23)12-10-7-5-2/h9,11,14-15,18-21,23H,4-8,10,12-13,16-17H2,1-3H3/b11-9+,15-14+. The molecule has 1 saturated carbocycles. The van der Waals surface area contributed by atoms with Gasteiger partial charge in [-0.1, -0.05) is 77.2 Å². The summed E-state index contributed by atoms with van der Waals surface area (Å²) in [5.74, 6) is 1.13. The minimum absolute atomic E-state index is 0.288. The van der Waals surface area contributed by atoms with Crippen LogP contribution in [0.25, 0.3) is 0 Å². The van der Waals surface area contributed by atoms with Gasteiger partial charge >= 0.3 is 0 Å². The van der Waals surface area contributed by atoms with Gasteiger partial charge in [-0.25, -0.2) is 0 Å². The van der Waals surface area contributed by atoms with Crippen LogP contribution in [0.3, 0.4) is 0 Å². The Hall–Kier alpha value is -0.600. The van der Waals surface area contributed by atoms with E-state index in [1.807, 2.05) is 6.08 Å². The van der Waals surface area contributed by atoms with E-state index in [2.05, 4.69) is 39.0 Å². The SMILES string of the molecule is CCCC/C=C/CC1C(/C=C/C(O)CCCCC)C2CC1(C)CO2. The number of fused-ring (bicyclic) bond motifs is 2. The smallest absolute Gasteiger partial charge is 0.0721 e. The lowest BCUT2D eigenvalue weighted by Crippen LogP contribution is -2.33. The van der Waals surface area contributed by atoms with E-state index in [4.69, 9.17) is 4.74 Å². The van der Waals surface area contributed by atoms with Gasteiger partial charge in [0.2, 0.25) is 0 Å². The fourth-order valence-electron chi connectivity index (χ4n) is 4.44. The summed E-state index contributed by atoms with van der Waals surface area (Å²) in [6.45, 7) is 7.75. The van der Waals surface area contributed by atoms with Crippen molar-refractivity contribution in [1.82, 2.24) is 0 Å². The van der Waals surface area contributed by atoms with E-state index < -0.39 is 0 Å². The zero-order valence-corrected chi connectivity index (χ0v) is 16.0. The average molecular weight is 335 g/mol. The molecule has 0 aromatic rings. The summed E-state index contributed by atoms with van der Waals surface area (Å²) in [5, 5.41) is 10.2. The van der Waals surface area contributed by atoms with Crippen molar-refractivity contribution in [2.24, 2.45) is 17.3 Å². The van der Waals surface area contributed by atoms with Crippen molar-refractivity contribution >= 4 is 0 Å². The first-order valence-corrected chi connectivity index (χ1v) is 10.2. The molecule has 5 atom stereocenters. The molecule has 2 rings (SSSR count). The second-order valence-electron chi connectivity index (χ2n) is 8.19. The van der Waals surface area contributed by atoms with Crippen LogP contribution >= 0.6 is 0 Å². The molecular weight excluding hydrogens is 296 g/mol. The highest BCUT2D eigenvalue weighted by atomic mass is 16.5. The minimum Gasteiger partial charge on any atom is -0.389 e. The Bertz CT molecular complexity index is 414. The van der Waals surface area contributed by atoms with Crippen LogP contribution in [-0.2, 0) is 4.74 Å². The fraction of sp³-hybridized carbons (Fsp3) is 0.818. The zero-order valence-electron chi connectivity index (χ0n) is 16.0. The number of hydrogen-bond donors (Lipinski definition) is 1. The van der Waals surface area contributed by atoms with Crippen molar-refractivity contribution in [3.8, 4) is 0 Å². The summed E-state index contributed by atoms with van der Waals surface area (Å²) in [5.41, 5.74) is 0.321. The van der Waals surface area contributed by atoms with Gasteiger partial charge in [0, 0.05) is 5.92 Å². The monoisotopic (exact) mass is 334 g/mol. The molecule has 2 nitrogen and oxygen atoms in total. The van der Waals surface area contributed by atoms with Gasteiger partial charge in [0.1, 0.15) is 0 Å². The van der Waals surface area contributed by atoms with Crippen LogP contribution in [0.4, 0.5) is 0 Å². The summed E-state index contributed by atoms with van der Waals surface area (Å²) in [7, 11) is 0. The van der Waals surface area contributed by atoms with Crippen molar-refractivity contribution in [1.29, 1.82) is 0 Å². The highest BCUT2D eigenvalue weighted by molar-refractivity contribution is 5.12. The predicted molar refractivity (Wildman–Crippen MR) is 102 cm³/mol. The van der Waals surface area contributed by atoms with E-state index in [0.29, 0.717) is 23.4 Å². The summed E-state index contributed by atoms with van der Waals surface area (Å²) in [6, 6.07) is 0. The normalized spacial score (nSPS) is 33.9. The van der Waals surface area contributed by atoms with Gasteiger partial charge in [0.15, 0.2) is 0 Å². The molecule has 138 valence electrons. The van der Waals surface area contributed by atoms with Crippen molar-refractivity contribution < 1.29 is 9.84 Å². The number of rotatable bonds is 11. The van der Waals surface area contributed by atoms with Gasteiger partial charge in [-0.15, -0.1) is 0 Å². The molecule has 1 N–H and O–H groups in total. The molecule has 5 unspecified atom stereocenters. The lowest BCUT2D eigenvalue weighted by atomic mass is 9.75. The predicted octanol–water partition coefficient (Wildman–Crippen LogP) is 5.66. The minimum atomic E-state index is -0.288. The van der Waals surface area contributed by atoms with E-state index >= 15 is 0 Å². The second-order valence-corrected chi connectivity index (χ2v) is 8.19. The highest BCUT2D eigenvalue weighted by Crippen LogP contribution is 2.55. The summed E-state index contributed by atoms with van der Waals surface area (Å²) in [6.07, 6.45) is 19.7. The number of hydrogen-bond acceptors (Lipinski definition) is 2. The van der Waals surface area contributed by atoms with Gasteiger partial charge in [-0.2, -0.15) is 0 Å². The molecule has 1 saturated heterocycles. The van der Waals surface area contributed by atoms with Gasteiger partial charge in [0.05, 0.1) is 18.8 Å². The van der Waals surface area contributed by atoms with Crippen LogP contribution in [-0.4, -0.2) is 23.9 Å². The molecule has 0 radical (unpaired) electrons. The second kappa shape index (κ2) is 9.77. The van der Waals surface area contributed by atoms with E-state index in [9.17, 15) is 5.11 Å². The number of unbranched alkanes of at least 4 members (excludes halogenated alkanes) is 4. The fourth-order valence-corrected chi connectivity index (χ4v) is 4.44. The van der Waals surface area contributed by atoms with E-state index in [1.54, 1.807) is 0 Å². The molecule has 2 bridgehead atoms. The summed E-state index contributed by atoms with van der Waals surface area (Å²) in [4.78, 5) is 0. The summed E-state index contributed by atoms with van der Waals surface area (Å²) < 4.78 is 6.02. The van der Waals surface area contributed by atoms with Gasteiger partial charge in [0.25, 0.3) is 0 Å². The van der Waals surface area contributed by atoms with Crippen LogP contribution in [0.2, 0.25) is 0 Å². The van der Waals surface area contributed by atoms with Crippen LogP contribution in [0, 0.1) is 17.3 Å². The molecule has 1 aliphatic heterocycles. The Morgan fingerprint density at radius 1 is 1.17 bits per heavy atom. The maximum Gasteiger partial charge on any atom is 0.0721 e. The number of ether oxygens (including phenoxy) is 1. The van der Waals surface area contributed by atoms with Crippen molar-refractivity contribution in [2.45, 2.75) is 90.8 Å². The molecule has 2 fully saturated rings. The molecular formula is C22H38O2. The lowest BCUT2D eigenvalue weighted by molar-refractivity contribution is -0.00760. The van der Waals surface area contributed by atoms with Gasteiger partial charge in [-0.3, -0.25) is 0 Å². The Balaban J connectivity index is 1.89. The number of aliphatic hydroxyl groups excluding tert-OH is 1. The molecule has 2 aliphatic rings. The van der Waals surface area contributed by atoms with E-state index in [0.717, 1.165) is 25.9 Å². The van der Waals surface area contributed by atoms with E-state index in [1.165, 1.54) is 38.5 Å². The van der Waals surface area contributed by atoms with Crippen molar-refractivity contribution in [3.63, 3.8) is 0 Å². The first-order chi connectivity index (χ1) is 11.6. The molecule has 24 heavy (non-hydrogen) atoms. The Morgan fingerprint density at radius 3 is 2.71 bits per heavy atom. The molecule has 2 heteroatoms. The molecule has 1 aliphatic carbocycles. The third kappa shape index (κ3) is 5.20. The van der Waals surface area contributed by atoms with Crippen LogP contribution in [0.1, 0.15) is 78.6 Å². The topological polar surface area (TPSA) is 29.5 Å². The Kier molecular flexibility index (Phi) is 8.03. The average Bonchev–Trinajstić information content (AvgIpc) is 3.07. The maximum atomic E-state index is 10.2. The first kappa shape index (κ1) is 19.7. The Morgan fingerprint density at radius 2 is 1.96 bits per heavy atom. The number of aliphatic hydroxyl groups is 1. The van der Waals surface area contributed by atoms with Crippen LogP contribution in [0.15, 0.2) is 24.3 Å². The lowest BCUT2D eigenvalue weighted by Gasteiger charge is -2.35. The van der Waals surface area contributed by atoms with Crippen molar-refractivity contribution in [3.05, 3.63) is 24.3 Å². The Labute approximate surface area is 149 Å².